The maximum absolute atomic E-state index is 13.0. The molecule has 0 unspecified atom stereocenters. The van der Waals surface area contributed by atoms with E-state index in [0.29, 0.717) is 36.3 Å². The van der Waals surface area contributed by atoms with Gasteiger partial charge in [-0.25, -0.2) is 13.4 Å². The van der Waals surface area contributed by atoms with Crippen molar-refractivity contribution >= 4 is 26.5 Å². The van der Waals surface area contributed by atoms with Gasteiger partial charge in [-0.2, -0.15) is 4.31 Å². The molecule has 0 aliphatic carbocycles. The Kier molecular flexibility index (Phi) is 5.00. The monoisotopic (exact) mass is 418 g/mol. The fourth-order valence-electron chi connectivity index (χ4n) is 3.55. The molecule has 3 aromatic rings. The molecule has 2 aromatic heterocycles. The van der Waals surface area contributed by atoms with Gasteiger partial charge in [0, 0.05) is 41.1 Å². The van der Waals surface area contributed by atoms with Crippen molar-refractivity contribution in [3.05, 3.63) is 47.1 Å². The highest BCUT2D eigenvalue weighted by Gasteiger charge is 2.27. The normalized spacial score (nSPS) is 15.8. The topological polar surface area (TPSA) is 90.4 Å². The minimum atomic E-state index is -3.55. The van der Waals surface area contributed by atoms with Crippen molar-refractivity contribution < 1.29 is 13.2 Å². The van der Waals surface area contributed by atoms with E-state index in [-0.39, 0.29) is 0 Å². The van der Waals surface area contributed by atoms with Crippen molar-refractivity contribution in [1.82, 2.24) is 13.9 Å². The van der Waals surface area contributed by atoms with Crippen molar-refractivity contribution in [2.75, 3.05) is 32.0 Å². The van der Waals surface area contributed by atoms with E-state index in [2.05, 4.69) is 4.98 Å². The van der Waals surface area contributed by atoms with E-state index >= 15 is 0 Å². The number of morpholine rings is 1. The Labute approximate surface area is 168 Å². The highest BCUT2D eigenvalue weighted by atomic mass is 32.2. The predicted molar refractivity (Wildman–Crippen MR) is 110 cm³/mol. The Morgan fingerprint density at radius 1 is 1.18 bits per heavy atom. The number of hydrogen-bond donors (Lipinski definition) is 1. The first-order valence-corrected chi connectivity index (χ1v) is 11.3. The number of sulfonamides is 1. The summed E-state index contributed by atoms with van der Waals surface area (Å²) in [7, 11) is -3.55. The lowest BCUT2D eigenvalue weighted by Crippen LogP contribution is -2.40. The Morgan fingerprint density at radius 2 is 1.93 bits per heavy atom. The van der Waals surface area contributed by atoms with Gasteiger partial charge in [0.2, 0.25) is 10.0 Å². The molecule has 2 N–H and O–H groups in total. The van der Waals surface area contributed by atoms with Crippen molar-refractivity contribution in [3.63, 3.8) is 0 Å². The molecule has 0 spiro atoms. The van der Waals surface area contributed by atoms with Crippen LogP contribution in [-0.2, 0) is 14.8 Å². The first kappa shape index (κ1) is 19.1. The van der Waals surface area contributed by atoms with Crippen LogP contribution in [0.3, 0.4) is 0 Å². The van der Waals surface area contributed by atoms with Gasteiger partial charge in [-0.05, 0) is 38.1 Å². The Balaban J connectivity index is 1.75. The highest BCUT2D eigenvalue weighted by molar-refractivity contribution is 7.89. The minimum Gasteiger partial charge on any atom is -0.379 e. The van der Waals surface area contributed by atoms with Gasteiger partial charge >= 0.3 is 0 Å². The summed E-state index contributed by atoms with van der Waals surface area (Å²) >= 11 is 1.40. The Hall–Kier alpha value is -2.20. The molecule has 1 saturated heterocycles. The van der Waals surface area contributed by atoms with Crippen molar-refractivity contribution in [2.24, 2.45) is 0 Å². The van der Waals surface area contributed by atoms with Crippen molar-refractivity contribution in [2.45, 2.75) is 18.7 Å². The van der Waals surface area contributed by atoms with E-state index in [0.717, 1.165) is 28.3 Å². The lowest BCUT2D eigenvalue weighted by molar-refractivity contribution is 0.0730. The molecule has 0 radical (unpaired) electrons. The Bertz CT molecular complexity index is 1110. The number of nitrogens with two attached hydrogens (primary N) is 1. The van der Waals surface area contributed by atoms with Crippen molar-refractivity contribution in [1.29, 1.82) is 0 Å². The summed E-state index contributed by atoms with van der Waals surface area (Å²) in [5, 5.41) is 2.46. The standard InChI is InChI=1S/C19H22N4O3S2/c1-13-10-17(18-12-27-19(20)21-18)14(2)23(13)15-4-3-5-16(11-15)28(24,25)22-6-8-26-9-7-22/h3-5,10-12H,6-9H2,1-2H3,(H2,20,21). The molecule has 28 heavy (non-hydrogen) atoms. The summed E-state index contributed by atoms with van der Waals surface area (Å²) in [5.74, 6) is 0. The second kappa shape index (κ2) is 7.32. The predicted octanol–water partition coefficient (Wildman–Crippen LogP) is 2.82. The van der Waals surface area contributed by atoms with E-state index in [4.69, 9.17) is 10.5 Å². The van der Waals surface area contributed by atoms with Crippen LogP contribution in [0.1, 0.15) is 11.4 Å². The van der Waals surface area contributed by atoms with E-state index in [1.54, 1.807) is 18.2 Å². The zero-order valence-electron chi connectivity index (χ0n) is 15.8. The molecule has 1 aromatic carbocycles. The SMILES string of the molecule is Cc1cc(-c2csc(N)n2)c(C)n1-c1cccc(S(=O)(=O)N2CCOCC2)c1. The van der Waals surface area contributed by atoms with Crippen LogP contribution in [0.15, 0.2) is 40.6 Å². The molecule has 0 bridgehead atoms. The molecule has 9 heteroatoms. The average Bonchev–Trinajstić information content (AvgIpc) is 3.25. The van der Waals surface area contributed by atoms with Crippen LogP contribution in [0, 0.1) is 13.8 Å². The van der Waals surface area contributed by atoms with Gasteiger partial charge in [0.1, 0.15) is 0 Å². The van der Waals surface area contributed by atoms with Gasteiger partial charge in [-0.3, -0.25) is 0 Å². The molecule has 148 valence electrons. The zero-order valence-corrected chi connectivity index (χ0v) is 17.4. The number of nitrogens with zero attached hydrogens (tertiary/aromatic N) is 3. The van der Waals surface area contributed by atoms with Gasteiger partial charge < -0.3 is 15.0 Å². The second-order valence-corrected chi connectivity index (χ2v) is 9.53. The minimum absolute atomic E-state index is 0.291. The number of nitrogen functional groups attached to an aromatic ring is 1. The van der Waals surface area contributed by atoms with E-state index < -0.39 is 10.0 Å². The number of benzene rings is 1. The highest BCUT2D eigenvalue weighted by Crippen LogP contribution is 2.31. The van der Waals surface area contributed by atoms with Crippen molar-refractivity contribution in [3.8, 4) is 16.9 Å². The van der Waals surface area contributed by atoms with E-state index in [1.165, 1.54) is 15.6 Å². The van der Waals surface area contributed by atoms with Gasteiger partial charge in [0.15, 0.2) is 5.13 Å². The molecule has 0 atom stereocenters. The molecule has 1 aliphatic rings. The maximum Gasteiger partial charge on any atom is 0.243 e. The Morgan fingerprint density at radius 3 is 2.61 bits per heavy atom. The van der Waals surface area contributed by atoms with Crippen LogP contribution in [0.5, 0.6) is 0 Å². The summed E-state index contributed by atoms with van der Waals surface area (Å²) < 4.78 is 34.8. The third kappa shape index (κ3) is 3.35. The quantitative estimate of drug-likeness (QED) is 0.704. The lowest BCUT2D eigenvalue weighted by atomic mass is 10.2. The summed E-state index contributed by atoms with van der Waals surface area (Å²) in [4.78, 5) is 4.67. The molecule has 1 fully saturated rings. The van der Waals surface area contributed by atoms with Crippen LogP contribution in [-0.4, -0.2) is 48.6 Å². The molecular weight excluding hydrogens is 396 g/mol. The smallest absolute Gasteiger partial charge is 0.243 e. The summed E-state index contributed by atoms with van der Waals surface area (Å²) in [6.45, 7) is 5.60. The van der Waals surface area contributed by atoms with Gasteiger partial charge in [-0.15, -0.1) is 11.3 Å². The number of thiazole rings is 1. The van der Waals surface area contributed by atoms with E-state index in [9.17, 15) is 8.42 Å². The third-order valence-electron chi connectivity index (χ3n) is 4.91. The van der Waals surface area contributed by atoms with E-state index in [1.807, 2.05) is 35.9 Å². The summed E-state index contributed by atoms with van der Waals surface area (Å²) in [6, 6.07) is 9.11. The number of aryl methyl sites for hydroxylation is 1. The number of aromatic nitrogens is 2. The van der Waals surface area contributed by atoms with Crippen LogP contribution in [0.25, 0.3) is 16.9 Å². The molecule has 7 nitrogen and oxygen atoms in total. The fourth-order valence-corrected chi connectivity index (χ4v) is 5.56. The molecule has 4 rings (SSSR count). The molecular formula is C19H22N4O3S2. The number of ether oxygens (including phenoxy) is 1. The maximum atomic E-state index is 13.0. The summed E-state index contributed by atoms with van der Waals surface area (Å²) in [6.07, 6.45) is 0. The zero-order chi connectivity index (χ0) is 19.9. The number of rotatable bonds is 4. The fraction of sp³-hybridized carbons (Fsp3) is 0.316. The third-order valence-corrected chi connectivity index (χ3v) is 7.48. The molecule has 1 aliphatic heterocycles. The van der Waals surface area contributed by atoms with Gasteiger partial charge in [0.05, 0.1) is 23.8 Å². The number of anilines is 1. The van der Waals surface area contributed by atoms with Gasteiger partial charge in [-0.1, -0.05) is 6.07 Å². The largest absolute Gasteiger partial charge is 0.379 e. The van der Waals surface area contributed by atoms with Crippen LogP contribution < -0.4 is 5.73 Å². The average molecular weight is 419 g/mol. The van der Waals surface area contributed by atoms with Crippen LogP contribution in [0.2, 0.25) is 0 Å². The lowest BCUT2D eigenvalue weighted by Gasteiger charge is -2.26. The van der Waals surface area contributed by atoms with Gasteiger partial charge in [0.25, 0.3) is 0 Å². The molecule has 3 heterocycles. The number of hydrogen-bond acceptors (Lipinski definition) is 6. The van der Waals surface area contributed by atoms with Crippen LogP contribution >= 0.6 is 11.3 Å². The first-order valence-electron chi connectivity index (χ1n) is 8.96. The van der Waals surface area contributed by atoms with Crippen LogP contribution in [0.4, 0.5) is 5.13 Å². The summed E-state index contributed by atoms with van der Waals surface area (Å²) in [5.41, 5.74) is 10.4. The first-order chi connectivity index (χ1) is 13.4. The molecule has 0 saturated carbocycles. The molecule has 0 amide bonds. The second-order valence-electron chi connectivity index (χ2n) is 6.71.